The summed E-state index contributed by atoms with van der Waals surface area (Å²) in [6.07, 6.45) is 8.91. The number of carbonyl (C=O) groups excluding carboxylic acids is 1. The van der Waals surface area contributed by atoms with Gasteiger partial charge in [0.2, 0.25) is 0 Å². The molecular formula is C20H24O3. The van der Waals surface area contributed by atoms with Gasteiger partial charge in [0.15, 0.2) is 0 Å². The first-order valence-electron chi connectivity index (χ1n) is 7.92. The smallest absolute Gasteiger partial charge is 0.334 e. The van der Waals surface area contributed by atoms with Crippen LogP contribution in [0.1, 0.15) is 38.7 Å². The molecule has 0 atom stereocenters. The monoisotopic (exact) mass is 312 g/mol. The fraction of sp³-hybridized carbons (Fsp3) is 0.350. The lowest BCUT2D eigenvalue weighted by Crippen LogP contribution is -1.97. The normalized spacial score (nSPS) is 17.5. The van der Waals surface area contributed by atoms with Gasteiger partial charge in [0.05, 0.1) is 13.7 Å². The first-order valence-corrected chi connectivity index (χ1v) is 7.92. The molecule has 1 aliphatic heterocycles. The molecule has 1 aromatic carbocycles. The molecule has 1 heterocycles. The first kappa shape index (κ1) is 17.1. The third-order valence-electron chi connectivity index (χ3n) is 3.97. The van der Waals surface area contributed by atoms with Crippen LogP contribution in [-0.4, -0.2) is 19.7 Å². The van der Waals surface area contributed by atoms with Crippen LogP contribution < -0.4 is 4.74 Å². The van der Waals surface area contributed by atoms with Gasteiger partial charge in [0.25, 0.3) is 0 Å². The second-order valence-electron chi connectivity index (χ2n) is 5.78. The number of allylic oxidation sites excluding steroid dienone is 4. The van der Waals surface area contributed by atoms with E-state index in [1.807, 2.05) is 31.2 Å². The van der Waals surface area contributed by atoms with Gasteiger partial charge < -0.3 is 9.47 Å². The summed E-state index contributed by atoms with van der Waals surface area (Å²) in [5.41, 5.74) is 4.42. The summed E-state index contributed by atoms with van der Waals surface area (Å²) >= 11 is 0. The molecule has 1 aliphatic rings. The van der Waals surface area contributed by atoms with Crippen molar-refractivity contribution < 1.29 is 14.3 Å². The van der Waals surface area contributed by atoms with Gasteiger partial charge in [-0.15, -0.1) is 0 Å². The summed E-state index contributed by atoms with van der Waals surface area (Å²) < 4.78 is 10.1. The van der Waals surface area contributed by atoms with E-state index in [9.17, 15) is 4.79 Å². The zero-order valence-electron chi connectivity index (χ0n) is 14.1. The number of hydrogen-bond donors (Lipinski definition) is 0. The van der Waals surface area contributed by atoms with E-state index < -0.39 is 0 Å². The topological polar surface area (TPSA) is 35.5 Å². The highest BCUT2D eigenvalue weighted by molar-refractivity contribution is 5.91. The van der Waals surface area contributed by atoms with Crippen LogP contribution in [0, 0.1) is 0 Å². The standard InChI is InChI=1S/C20H24O3/c1-15(7-8-16(2)19-13-14-23-20(19)21)5-4-6-17-9-11-18(22-3)12-10-17/h4,6-7,9-12H,5,8,13-14H2,1-3H3/b6-4+,15-7+,19-16-. The Balaban J connectivity index is 1.87. The third kappa shape index (κ3) is 5.13. The van der Waals surface area contributed by atoms with Crippen molar-refractivity contribution in [3.05, 3.63) is 58.7 Å². The number of rotatable bonds is 6. The van der Waals surface area contributed by atoms with Crippen molar-refractivity contribution in [2.75, 3.05) is 13.7 Å². The molecule has 0 N–H and O–H groups in total. The van der Waals surface area contributed by atoms with Crippen LogP contribution in [0.15, 0.2) is 53.1 Å². The minimum atomic E-state index is -0.145. The van der Waals surface area contributed by atoms with E-state index in [2.05, 4.69) is 25.2 Å². The molecule has 3 nitrogen and oxygen atoms in total. The molecule has 3 heteroatoms. The van der Waals surface area contributed by atoms with Gasteiger partial charge in [-0.1, -0.05) is 41.5 Å². The molecule has 0 unspecified atom stereocenters. The molecule has 0 bridgehead atoms. The van der Waals surface area contributed by atoms with Gasteiger partial charge in [-0.3, -0.25) is 0 Å². The van der Waals surface area contributed by atoms with Crippen LogP contribution in [0.5, 0.6) is 5.75 Å². The molecule has 1 saturated heterocycles. The molecular weight excluding hydrogens is 288 g/mol. The Labute approximate surface area is 138 Å². The molecule has 2 rings (SSSR count). The lowest BCUT2D eigenvalue weighted by molar-refractivity contribution is -0.135. The van der Waals surface area contributed by atoms with Crippen molar-refractivity contribution in [1.29, 1.82) is 0 Å². The van der Waals surface area contributed by atoms with E-state index in [4.69, 9.17) is 9.47 Å². The molecule has 1 aromatic rings. The van der Waals surface area contributed by atoms with Crippen molar-refractivity contribution in [3.8, 4) is 5.75 Å². The van der Waals surface area contributed by atoms with Crippen molar-refractivity contribution in [3.63, 3.8) is 0 Å². The molecule has 23 heavy (non-hydrogen) atoms. The van der Waals surface area contributed by atoms with Gasteiger partial charge in [-0.25, -0.2) is 4.79 Å². The highest BCUT2D eigenvalue weighted by Crippen LogP contribution is 2.21. The van der Waals surface area contributed by atoms with Crippen LogP contribution >= 0.6 is 0 Å². The number of hydrogen-bond acceptors (Lipinski definition) is 3. The average molecular weight is 312 g/mol. The Hall–Kier alpha value is -2.29. The van der Waals surface area contributed by atoms with Gasteiger partial charge in [-0.05, 0) is 44.4 Å². The zero-order valence-corrected chi connectivity index (χ0v) is 14.1. The Morgan fingerprint density at radius 1 is 1.22 bits per heavy atom. The zero-order chi connectivity index (χ0) is 16.7. The highest BCUT2D eigenvalue weighted by Gasteiger charge is 2.20. The van der Waals surface area contributed by atoms with Crippen LogP contribution in [0.3, 0.4) is 0 Å². The quantitative estimate of drug-likeness (QED) is 0.434. The van der Waals surface area contributed by atoms with Gasteiger partial charge in [0.1, 0.15) is 5.75 Å². The lowest BCUT2D eigenvalue weighted by atomic mass is 10.0. The van der Waals surface area contributed by atoms with E-state index in [0.717, 1.165) is 41.7 Å². The van der Waals surface area contributed by atoms with Crippen molar-refractivity contribution in [1.82, 2.24) is 0 Å². The van der Waals surface area contributed by atoms with Crippen molar-refractivity contribution in [2.24, 2.45) is 0 Å². The molecule has 0 aliphatic carbocycles. The maximum atomic E-state index is 11.5. The minimum Gasteiger partial charge on any atom is -0.497 e. The third-order valence-corrected chi connectivity index (χ3v) is 3.97. The number of benzene rings is 1. The molecule has 0 saturated carbocycles. The summed E-state index contributed by atoms with van der Waals surface area (Å²) in [7, 11) is 1.67. The number of cyclic esters (lactones) is 1. The summed E-state index contributed by atoms with van der Waals surface area (Å²) in [6.45, 7) is 4.65. The predicted octanol–water partition coefficient (Wildman–Crippen LogP) is 4.70. The molecule has 0 aromatic heterocycles. The number of methoxy groups -OCH3 is 1. The molecule has 122 valence electrons. The molecule has 0 radical (unpaired) electrons. The number of esters is 1. The van der Waals surface area contributed by atoms with Gasteiger partial charge in [-0.2, -0.15) is 0 Å². The fourth-order valence-corrected chi connectivity index (χ4v) is 2.45. The Kier molecular flexibility index (Phi) is 6.21. The highest BCUT2D eigenvalue weighted by atomic mass is 16.5. The van der Waals surface area contributed by atoms with Crippen LogP contribution in [0.4, 0.5) is 0 Å². The summed E-state index contributed by atoms with van der Waals surface area (Å²) in [6, 6.07) is 7.99. The van der Waals surface area contributed by atoms with Crippen LogP contribution in [0.2, 0.25) is 0 Å². The van der Waals surface area contributed by atoms with Crippen molar-refractivity contribution >= 4 is 12.0 Å². The van der Waals surface area contributed by atoms with E-state index in [-0.39, 0.29) is 5.97 Å². The van der Waals surface area contributed by atoms with Gasteiger partial charge in [0, 0.05) is 12.0 Å². The number of carbonyl (C=O) groups is 1. The summed E-state index contributed by atoms with van der Waals surface area (Å²) in [4.78, 5) is 11.5. The number of ether oxygens (including phenoxy) is 2. The van der Waals surface area contributed by atoms with Crippen LogP contribution in [0.25, 0.3) is 6.08 Å². The second-order valence-corrected chi connectivity index (χ2v) is 5.78. The maximum absolute atomic E-state index is 11.5. The Morgan fingerprint density at radius 2 is 1.96 bits per heavy atom. The maximum Gasteiger partial charge on any atom is 0.334 e. The predicted molar refractivity (Wildman–Crippen MR) is 93.3 cm³/mol. The van der Waals surface area contributed by atoms with Crippen molar-refractivity contribution in [2.45, 2.75) is 33.1 Å². The van der Waals surface area contributed by atoms with Gasteiger partial charge >= 0.3 is 5.97 Å². The minimum absolute atomic E-state index is 0.145. The summed E-state index contributed by atoms with van der Waals surface area (Å²) in [5.74, 6) is 0.722. The summed E-state index contributed by atoms with van der Waals surface area (Å²) in [5, 5.41) is 0. The Morgan fingerprint density at radius 3 is 2.57 bits per heavy atom. The molecule has 0 amide bonds. The lowest BCUT2D eigenvalue weighted by Gasteiger charge is -2.02. The van der Waals surface area contributed by atoms with E-state index in [1.165, 1.54) is 5.57 Å². The molecule has 0 spiro atoms. The molecule has 1 fully saturated rings. The largest absolute Gasteiger partial charge is 0.497 e. The second kappa shape index (κ2) is 8.37. The average Bonchev–Trinajstić information content (AvgIpc) is 2.99. The van der Waals surface area contributed by atoms with Crippen LogP contribution in [-0.2, 0) is 9.53 Å². The Bertz CT molecular complexity index is 633. The van der Waals surface area contributed by atoms with E-state index in [0.29, 0.717) is 6.61 Å². The van der Waals surface area contributed by atoms with E-state index >= 15 is 0 Å². The first-order chi connectivity index (χ1) is 11.1. The van der Waals surface area contributed by atoms with E-state index in [1.54, 1.807) is 7.11 Å². The SMILES string of the molecule is COc1ccc(/C=C/C/C(C)=C/C/C(C)=C2/CCOC2=O)cc1. The fourth-order valence-electron chi connectivity index (χ4n) is 2.45.